The number of rotatable bonds is 11. The molecule has 0 aliphatic heterocycles. The molecule has 4 fully saturated rings. The molecule has 0 aromatic heterocycles. The number of halogens is 2. The standard InChI is InChI=1S/C50H80OSi.C2H6.2CH3.2ClH.Zr/c1-35-34-45-41(37-24-28-39(29-25-37)49(5,6)7)19-17-21-44(45)47(35)52(11,33-15-13-12-14-32-51-50(8,9)10)46-31-30-42-40(18-16-20-43(42)46)36-22-26-38(27-23-36)48(2,3)4;1-2;;;;;/h22-29,35,40-47H,12-21,30-34H2,1-11H3;1-2H3;2*1H3;2*1H;/q;;2*-1;;;+4/p-2. The van der Waals surface area contributed by atoms with Crippen molar-refractivity contribution in [3.63, 3.8) is 0 Å². The average Bonchev–Trinajstić information content (AvgIpc) is 3.76. The fourth-order valence-corrected chi connectivity index (χ4v) is 20.3. The predicted molar refractivity (Wildman–Crippen MR) is 264 cm³/mol. The summed E-state index contributed by atoms with van der Waals surface area (Å²) in [7, 11) is 8.25. The summed E-state index contributed by atoms with van der Waals surface area (Å²) >= 11 is -0.826. The molecule has 0 heterocycles. The van der Waals surface area contributed by atoms with Gasteiger partial charge in [-0.2, -0.15) is 0 Å². The van der Waals surface area contributed by atoms with Crippen LogP contribution >= 0.6 is 17.0 Å². The fourth-order valence-electron chi connectivity index (χ4n) is 13.1. The maximum absolute atomic E-state index is 6.12. The molecule has 59 heavy (non-hydrogen) atoms. The van der Waals surface area contributed by atoms with E-state index in [4.69, 9.17) is 21.8 Å². The van der Waals surface area contributed by atoms with Crippen LogP contribution < -0.4 is 0 Å². The Labute approximate surface area is 388 Å². The molecule has 0 N–H and O–H groups in total. The first-order chi connectivity index (χ1) is 26.9. The SMILES string of the molecule is CC.CC1CC2C(c3ccc(C(C)(C)C)cc3)CCCC2C1[Si](C)(CCCCCCOC(C)(C)C)C1CCC2C(c3ccc(C(C)(C)C)cc3)CCCC21.[CH3-].[CH3-].[Cl][Zr+2][Cl]. The molecule has 0 saturated heterocycles. The Bertz CT molecular complexity index is 1460. The van der Waals surface area contributed by atoms with Crippen molar-refractivity contribution in [3.05, 3.63) is 85.6 Å². The Hall–Kier alpha value is 0.0800. The van der Waals surface area contributed by atoms with Gasteiger partial charge in [0.1, 0.15) is 0 Å². The molecule has 10 atom stereocenters. The van der Waals surface area contributed by atoms with Crippen LogP contribution in [0.3, 0.4) is 0 Å². The Balaban J connectivity index is 0.00000164. The molecule has 0 spiro atoms. The molecule has 0 amide bonds. The number of hydrogen-bond acceptors (Lipinski definition) is 1. The van der Waals surface area contributed by atoms with E-state index in [2.05, 4.69) is 124 Å². The van der Waals surface area contributed by atoms with E-state index in [9.17, 15) is 0 Å². The van der Waals surface area contributed by atoms with Crippen LogP contribution in [0.15, 0.2) is 48.5 Å². The van der Waals surface area contributed by atoms with E-state index in [-0.39, 0.29) is 31.3 Å². The van der Waals surface area contributed by atoms with E-state index in [0.717, 1.165) is 59.1 Å². The number of ether oxygens (including phenoxy) is 1. The fraction of sp³-hybridized carbons (Fsp3) is 0.741. The van der Waals surface area contributed by atoms with Gasteiger partial charge in [-0.1, -0.05) is 175 Å². The van der Waals surface area contributed by atoms with Crippen LogP contribution in [0.1, 0.15) is 201 Å². The molecule has 5 heteroatoms. The molecule has 4 saturated carbocycles. The van der Waals surface area contributed by atoms with Crippen molar-refractivity contribution in [3.8, 4) is 0 Å². The van der Waals surface area contributed by atoms with Gasteiger partial charge in [-0.25, -0.2) is 0 Å². The zero-order chi connectivity index (χ0) is 42.2. The Morgan fingerprint density at radius 2 is 1.07 bits per heavy atom. The summed E-state index contributed by atoms with van der Waals surface area (Å²) in [6.07, 6.45) is 18.7. The van der Waals surface area contributed by atoms with E-state index >= 15 is 0 Å². The molecule has 0 bridgehead atoms. The van der Waals surface area contributed by atoms with Gasteiger partial charge in [-0.3, -0.25) is 0 Å². The Morgan fingerprint density at radius 3 is 1.54 bits per heavy atom. The average molecular weight is 948 g/mol. The van der Waals surface area contributed by atoms with Crippen molar-refractivity contribution in [2.24, 2.45) is 29.6 Å². The number of unbranched alkanes of at least 4 members (excludes halogenated alkanes) is 3. The van der Waals surface area contributed by atoms with Gasteiger partial charge in [0.05, 0.1) is 13.7 Å². The van der Waals surface area contributed by atoms with E-state index in [1.165, 1.54) is 94.6 Å². The summed E-state index contributed by atoms with van der Waals surface area (Å²) in [5, 5.41) is 0. The number of fused-ring (bicyclic) bond motifs is 2. The molecular formula is C54H92Cl2OSiZr. The molecule has 2 aromatic carbocycles. The van der Waals surface area contributed by atoms with E-state index in [1.54, 1.807) is 17.2 Å². The predicted octanol–water partition coefficient (Wildman–Crippen LogP) is 18.3. The summed E-state index contributed by atoms with van der Waals surface area (Å²) < 4.78 is 6.12. The normalized spacial score (nSPS) is 28.8. The maximum atomic E-state index is 6.12. The second-order valence-corrected chi connectivity index (χ2v) is 30.8. The van der Waals surface area contributed by atoms with E-state index in [0.29, 0.717) is 0 Å². The van der Waals surface area contributed by atoms with Crippen LogP contribution in [-0.2, 0) is 36.4 Å². The first kappa shape index (κ1) is 55.2. The van der Waals surface area contributed by atoms with Gasteiger partial charge in [0, 0.05) is 6.61 Å². The minimum atomic E-state index is -1.62. The van der Waals surface area contributed by atoms with Crippen molar-refractivity contribution in [2.75, 3.05) is 6.61 Å². The third kappa shape index (κ3) is 14.3. The third-order valence-electron chi connectivity index (χ3n) is 15.4. The van der Waals surface area contributed by atoms with Crippen LogP contribution in [0.5, 0.6) is 0 Å². The number of hydrogen-bond donors (Lipinski definition) is 0. The molecule has 6 rings (SSSR count). The van der Waals surface area contributed by atoms with Crippen LogP contribution in [0.2, 0.25) is 23.7 Å². The van der Waals surface area contributed by atoms with Crippen LogP contribution in [-0.4, -0.2) is 20.3 Å². The zero-order valence-corrected chi connectivity index (χ0v) is 46.1. The molecule has 10 unspecified atom stereocenters. The Kier molecular flexibility index (Phi) is 22.8. The van der Waals surface area contributed by atoms with Crippen LogP contribution in [0.4, 0.5) is 0 Å². The molecule has 4 aliphatic rings. The molecule has 336 valence electrons. The van der Waals surface area contributed by atoms with Gasteiger partial charge in [0.2, 0.25) is 0 Å². The van der Waals surface area contributed by atoms with Gasteiger partial charge < -0.3 is 19.6 Å². The molecule has 4 aliphatic carbocycles. The quantitative estimate of drug-likeness (QED) is 0.124. The van der Waals surface area contributed by atoms with Crippen LogP contribution in [0, 0.1) is 44.4 Å². The van der Waals surface area contributed by atoms with Crippen molar-refractivity contribution in [1.29, 1.82) is 0 Å². The second kappa shape index (κ2) is 24.4. The second-order valence-electron chi connectivity index (χ2n) is 22.1. The van der Waals surface area contributed by atoms with Gasteiger partial charge >= 0.3 is 37.9 Å². The third-order valence-corrected chi connectivity index (χ3v) is 21.8. The Morgan fingerprint density at radius 1 is 0.610 bits per heavy atom. The molecule has 1 nitrogen and oxygen atoms in total. The molecule has 2 aromatic rings. The van der Waals surface area contributed by atoms with Crippen molar-refractivity contribution in [2.45, 2.75) is 218 Å². The number of benzene rings is 2. The van der Waals surface area contributed by atoms with Gasteiger partial charge in [-0.05, 0) is 138 Å². The molecule has 0 radical (unpaired) electrons. The minimum absolute atomic E-state index is 0. The van der Waals surface area contributed by atoms with Crippen molar-refractivity contribution in [1.82, 2.24) is 0 Å². The van der Waals surface area contributed by atoms with Gasteiger partial charge in [0.15, 0.2) is 0 Å². The van der Waals surface area contributed by atoms with E-state index in [1.807, 2.05) is 13.8 Å². The summed E-state index contributed by atoms with van der Waals surface area (Å²) in [6, 6.07) is 21.6. The summed E-state index contributed by atoms with van der Waals surface area (Å²) in [5.74, 6) is 6.17. The summed E-state index contributed by atoms with van der Waals surface area (Å²) in [5.41, 5.74) is 8.75. The van der Waals surface area contributed by atoms with Gasteiger partial charge in [-0.15, -0.1) is 0 Å². The monoisotopic (exact) mass is 945 g/mol. The topological polar surface area (TPSA) is 9.23 Å². The molecular weight excluding hydrogens is 855 g/mol. The first-order valence-electron chi connectivity index (χ1n) is 23.7. The van der Waals surface area contributed by atoms with Gasteiger partial charge in [0.25, 0.3) is 0 Å². The van der Waals surface area contributed by atoms with Crippen molar-refractivity contribution < 1.29 is 25.6 Å². The summed E-state index contributed by atoms with van der Waals surface area (Å²) in [4.78, 5) is 0. The zero-order valence-electron chi connectivity index (χ0n) is 41.1. The first-order valence-corrected chi connectivity index (χ1v) is 32.9. The van der Waals surface area contributed by atoms with Crippen LogP contribution in [0.25, 0.3) is 0 Å². The van der Waals surface area contributed by atoms with E-state index < -0.39 is 28.9 Å². The van der Waals surface area contributed by atoms with Crippen molar-refractivity contribution >= 4 is 25.1 Å². The summed E-state index contributed by atoms with van der Waals surface area (Å²) in [6.45, 7) is 31.4.